The summed E-state index contributed by atoms with van der Waals surface area (Å²) in [4.78, 5) is 11.2. The third-order valence-electron chi connectivity index (χ3n) is 4.10. The third-order valence-corrected chi connectivity index (χ3v) is 6.25. The minimum Gasteiger partial charge on any atom is -0.478 e. The molecule has 6 heteroatoms. The van der Waals surface area contributed by atoms with Crippen LogP contribution >= 0.6 is 0 Å². The molecule has 5 nitrogen and oxygen atoms in total. The summed E-state index contributed by atoms with van der Waals surface area (Å²) >= 11 is 0. The summed E-state index contributed by atoms with van der Waals surface area (Å²) in [6.45, 7) is 6.21. The quantitative estimate of drug-likeness (QED) is 0.930. The highest BCUT2D eigenvalue weighted by Gasteiger charge is 2.34. The number of hydrogen-bond donors (Lipinski definition) is 1. The van der Waals surface area contributed by atoms with Crippen LogP contribution in [0.15, 0.2) is 23.1 Å². The second-order valence-corrected chi connectivity index (χ2v) is 7.74. The maximum absolute atomic E-state index is 12.8. The van der Waals surface area contributed by atoms with Crippen LogP contribution in [0.2, 0.25) is 0 Å². The second kappa shape index (κ2) is 5.77. The Bertz CT molecular complexity index is 654. The molecule has 2 unspecified atom stereocenters. The lowest BCUT2D eigenvalue weighted by Gasteiger charge is -2.35. The van der Waals surface area contributed by atoms with Crippen LogP contribution in [-0.2, 0) is 10.0 Å². The summed E-state index contributed by atoms with van der Waals surface area (Å²) in [5, 5.41) is 9.05. The zero-order valence-corrected chi connectivity index (χ0v) is 13.4. The minimum atomic E-state index is -3.65. The van der Waals surface area contributed by atoms with Crippen LogP contribution < -0.4 is 0 Å². The van der Waals surface area contributed by atoms with E-state index in [1.54, 1.807) is 13.0 Å². The van der Waals surface area contributed by atoms with E-state index in [0.29, 0.717) is 18.0 Å². The Balaban J connectivity index is 2.44. The number of aryl methyl sites for hydroxylation is 1. The molecule has 0 aliphatic carbocycles. The molecule has 0 bridgehead atoms. The summed E-state index contributed by atoms with van der Waals surface area (Å²) in [6, 6.07) is 4.18. The smallest absolute Gasteiger partial charge is 0.335 e. The van der Waals surface area contributed by atoms with Crippen LogP contribution in [0.25, 0.3) is 0 Å². The Morgan fingerprint density at radius 1 is 1.33 bits per heavy atom. The van der Waals surface area contributed by atoms with Gasteiger partial charge in [0.2, 0.25) is 10.0 Å². The van der Waals surface area contributed by atoms with Gasteiger partial charge in [0.1, 0.15) is 0 Å². The first-order chi connectivity index (χ1) is 9.73. The lowest BCUT2D eigenvalue weighted by molar-refractivity contribution is 0.0696. The molecule has 0 amide bonds. The van der Waals surface area contributed by atoms with Crippen LogP contribution in [0.4, 0.5) is 0 Å². The van der Waals surface area contributed by atoms with Gasteiger partial charge in [-0.1, -0.05) is 13.0 Å². The Hall–Kier alpha value is -1.40. The minimum absolute atomic E-state index is 0.00259. The lowest BCUT2D eigenvalue weighted by Crippen LogP contribution is -2.44. The summed E-state index contributed by atoms with van der Waals surface area (Å²) in [6.07, 6.45) is 1.66. The number of aromatic carboxylic acids is 1. The van der Waals surface area contributed by atoms with Gasteiger partial charge in [-0.25, -0.2) is 13.2 Å². The van der Waals surface area contributed by atoms with Gasteiger partial charge < -0.3 is 5.11 Å². The summed E-state index contributed by atoms with van der Waals surface area (Å²) in [5.74, 6) is -0.607. The van der Waals surface area contributed by atoms with E-state index in [1.165, 1.54) is 16.4 Å². The van der Waals surface area contributed by atoms with Gasteiger partial charge in [-0.05, 0) is 50.3 Å². The summed E-state index contributed by atoms with van der Waals surface area (Å²) in [7, 11) is -3.65. The predicted octanol–water partition coefficient (Wildman–Crippen LogP) is 2.50. The number of piperidine rings is 1. The van der Waals surface area contributed by atoms with E-state index in [-0.39, 0.29) is 16.5 Å². The second-order valence-electron chi connectivity index (χ2n) is 5.88. The molecular weight excluding hydrogens is 290 g/mol. The van der Waals surface area contributed by atoms with Gasteiger partial charge in [-0.15, -0.1) is 0 Å². The Kier molecular flexibility index (Phi) is 4.39. The molecular formula is C15H21NO4S. The van der Waals surface area contributed by atoms with E-state index in [2.05, 4.69) is 6.92 Å². The van der Waals surface area contributed by atoms with Crippen molar-refractivity contribution in [2.45, 2.75) is 44.6 Å². The molecule has 1 N–H and O–H groups in total. The topological polar surface area (TPSA) is 74.7 Å². The maximum atomic E-state index is 12.8. The van der Waals surface area contributed by atoms with Gasteiger partial charge in [-0.3, -0.25) is 0 Å². The number of carbonyl (C=O) groups is 1. The molecule has 1 fully saturated rings. The van der Waals surface area contributed by atoms with Crippen molar-refractivity contribution >= 4 is 16.0 Å². The van der Waals surface area contributed by atoms with Crippen molar-refractivity contribution in [3.8, 4) is 0 Å². The zero-order chi connectivity index (χ0) is 15.8. The fourth-order valence-corrected chi connectivity index (χ4v) is 4.79. The Morgan fingerprint density at radius 2 is 2.00 bits per heavy atom. The first-order valence-corrected chi connectivity index (χ1v) is 8.53. The standard InChI is InChI=1S/C15H21NO4S/c1-10-6-7-16(12(3)8-10)21(19,20)14-9-13(15(17)18)5-4-11(14)2/h4-5,9-10,12H,6-8H2,1-3H3,(H,17,18). The number of rotatable bonds is 3. The Labute approximate surface area is 125 Å². The van der Waals surface area contributed by atoms with E-state index in [1.807, 2.05) is 6.92 Å². The monoisotopic (exact) mass is 311 g/mol. The molecule has 1 heterocycles. The predicted molar refractivity (Wildman–Crippen MR) is 79.9 cm³/mol. The average molecular weight is 311 g/mol. The molecule has 2 rings (SSSR count). The van der Waals surface area contributed by atoms with Crippen LogP contribution in [-0.4, -0.2) is 36.4 Å². The fraction of sp³-hybridized carbons (Fsp3) is 0.533. The van der Waals surface area contributed by atoms with Crippen LogP contribution in [0.3, 0.4) is 0 Å². The number of carboxylic acids is 1. The molecule has 116 valence electrons. The zero-order valence-electron chi connectivity index (χ0n) is 12.5. The highest BCUT2D eigenvalue weighted by Crippen LogP contribution is 2.29. The molecule has 2 atom stereocenters. The molecule has 0 aromatic heterocycles. The number of sulfonamides is 1. The summed E-state index contributed by atoms with van der Waals surface area (Å²) in [5.41, 5.74) is 0.572. The van der Waals surface area contributed by atoms with Crippen molar-refractivity contribution in [1.29, 1.82) is 0 Å². The van der Waals surface area contributed by atoms with E-state index >= 15 is 0 Å². The molecule has 1 aromatic rings. The van der Waals surface area contributed by atoms with Gasteiger partial charge in [0, 0.05) is 12.6 Å². The third kappa shape index (κ3) is 3.11. The van der Waals surface area contributed by atoms with E-state index < -0.39 is 16.0 Å². The van der Waals surface area contributed by atoms with E-state index in [9.17, 15) is 13.2 Å². The molecule has 1 aliphatic rings. The number of nitrogens with zero attached hydrogens (tertiary/aromatic N) is 1. The maximum Gasteiger partial charge on any atom is 0.335 e. The average Bonchev–Trinajstić information content (AvgIpc) is 2.38. The first-order valence-electron chi connectivity index (χ1n) is 7.09. The van der Waals surface area contributed by atoms with Crippen LogP contribution in [0, 0.1) is 12.8 Å². The van der Waals surface area contributed by atoms with Gasteiger partial charge in [-0.2, -0.15) is 4.31 Å². The highest BCUT2D eigenvalue weighted by molar-refractivity contribution is 7.89. The number of benzene rings is 1. The highest BCUT2D eigenvalue weighted by atomic mass is 32.2. The van der Waals surface area contributed by atoms with Crippen molar-refractivity contribution in [2.24, 2.45) is 5.92 Å². The summed E-state index contributed by atoms with van der Waals surface area (Å²) < 4.78 is 27.2. The van der Waals surface area contributed by atoms with Crippen molar-refractivity contribution < 1.29 is 18.3 Å². The van der Waals surface area contributed by atoms with E-state index in [0.717, 1.165) is 12.8 Å². The SMILES string of the molecule is Cc1ccc(C(=O)O)cc1S(=O)(=O)N1CCC(C)CC1C. The van der Waals surface area contributed by atoms with Gasteiger partial charge in [0.05, 0.1) is 10.5 Å². The van der Waals surface area contributed by atoms with Crippen molar-refractivity contribution in [1.82, 2.24) is 4.31 Å². The van der Waals surface area contributed by atoms with Crippen molar-refractivity contribution in [3.63, 3.8) is 0 Å². The Morgan fingerprint density at radius 3 is 2.57 bits per heavy atom. The molecule has 21 heavy (non-hydrogen) atoms. The van der Waals surface area contributed by atoms with Crippen molar-refractivity contribution in [2.75, 3.05) is 6.54 Å². The van der Waals surface area contributed by atoms with Crippen LogP contribution in [0.5, 0.6) is 0 Å². The molecule has 1 saturated heterocycles. The first kappa shape index (κ1) is 16.0. The normalized spacial score (nSPS) is 24.0. The van der Waals surface area contributed by atoms with E-state index in [4.69, 9.17) is 5.11 Å². The largest absolute Gasteiger partial charge is 0.478 e. The molecule has 1 aromatic carbocycles. The molecule has 1 aliphatic heterocycles. The van der Waals surface area contributed by atoms with Gasteiger partial charge >= 0.3 is 5.97 Å². The fourth-order valence-electron chi connectivity index (χ4n) is 2.88. The lowest BCUT2D eigenvalue weighted by atomic mass is 9.95. The number of carboxylic acid groups (broad SMARTS) is 1. The van der Waals surface area contributed by atoms with Gasteiger partial charge in [0.25, 0.3) is 0 Å². The van der Waals surface area contributed by atoms with Gasteiger partial charge in [0.15, 0.2) is 0 Å². The molecule has 0 radical (unpaired) electrons. The molecule has 0 saturated carbocycles. The molecule has 0 spiro atoms. The number of hydrogen-bond acceptors (Lipinski definition) is 3. The van der Waals surface area contributed by atoms with Crippen LogP contribution in [0.1, 0.15) is 42.6 Å². The van der Waals surface area contributed by atoms with Crippen molar-refractivity contribution in [3.05, 3.63) is 29.3 Å².